The van der Waals surface area contributed by atoms with Crippen molar-refractivity contribution in [3.05, 3.63) is 0 Å². The Labute approximate surface area is 181 Å². The minimum atomic E-state index is -0.0309. The summed E-state index contributed by atoms with van der Waals surface area (Å²) in [6.07, 6.45) is 13.6. The van der Waals surface area contributed by atoms with Gasteiger partial charge in [0, 0.05) is 0 Å². The van der Waals surface area contributed by atoms with Crippen LogP contribution in [-0.4, -0.2) is 11.2 Å². The highest BCUT2D eigenvalue weighted by atomic mass is 16.3. The normalized spacial score (nSPS) is 51.1. The van der Waals surface area contributed by atoms with Crippen LogP contribution in [0.4, 0.5) is 0 Å². The summed E-state index contributed by atoms with van der Waals surface area (Å²) in [7, 11) is 0. The molecule has 0 aromatic heterocycles. The van der Waals surface area contributed by atoms with E-state index < -0.39 is 0 Å². The maximum Gasteiger partial charge on any atom is 0.0577 e. The Kier molecular flexibility index (Phi) is 5.75. The number of hydrogen-bond acceptors (Lipinski definition) is 1. The van der Waals surface area contributed by atoms with Crippen molar-refractivity contribution in [3.63, 3.8) is 0 Å². The predicted octanol–water partition coefficient (Wildman–Crippen LogP) is 7.71. The second-order valence-corrected chi connectivity index (χ2v) is 14.0. The molecule has 1 nitrogen and oxygen atoms in total. The summed E-state index contributed by atoms with van der Waals surface area (Å²) in [5, 5.41) is 11.4. The van der Waals surface area contributed by atoms with Crippen LogP contribution in [0.5, 0.6) is 0 Å². The van der Waals surface area contributed by atoms with Gasteiger partial charge >= 0.3 is 0 Å². The average molecular weight is 403 g/mol. The Balaban J connectivity index is 1.53. The molecule has 0 spiro atoms. The van der Waals surface area contributed by atoms with Crippen molar-refractivity contribution in [2.45, 2.75) is 119 Å². The molecule has 1 unspecified atom stereocenters. The van der Waals surface area contributed by atoms with Gasteiger partial charge < -0.3 is 5.11 Å². The molecular formula is C28H50O. The quantitative estimate of drug-likeness (QED) is 0.512. The first kappa shape index (κ1) is 22.2. The van der Waals surface area contributed by atoms with Gasteiger partial charge in [0.15, 0.2) is 0 Å². The van der Waals surface area contributed by atoms with Crippen LogP contribution in [0.2, 0.25) is 0 Å². The molecule has 4 rings (SSSR count). The van der Waals surface area contributed by atoms with Gasteiger partial charge in [-0.15, -0.1) is 0 Å². The van der Waals surface area contributed by atoms with Crippen molar-refractivity contribution in [1.82, 2.24) is 0 Å². The maximum absolute atomic E-state index is 11.4. The number of hydrogen-bond donors (Lipinski definition) is 1. The smallest absolute Gasteiger partial charge is 0.0577 e. The van der Waals surface area contributed by atoms with Gasteiger partial charge in [-0.05, 0) is 115 Å². The standard InChI is InChI=1S/C28H50O/c1-18-10-14-27(6)20(16-18)17-24(29)25-22-9-8-21(19(2)11-13-26(3,4)5)28(22,7)15-12-23(25)27/h18-25,29H,8-17H2,1-7H3/t18-,19-,20+,21?,22+,23+,24-,25+,27+,28-/m1/s1. The Bertz CT molecular complexity index is 590. The van der Waals surface area contributed by atoms with E-state index >= 15 is 0 Å². The van der Waals surface area contributed by atoms with Crippen molar-refractivity contribution < 1.29 is 5.11 Å². The molecule has 29 heavy (non-hydrogen) atoms. The van der Waals surface area contributed by atoms with Gasteiger partial charge in [-0.3, -0.25) is 0 Å². The lowest BCUT2D eigenvalue weighted by Crippen LogP contribution is -2.58. The molecule has 0 bridgehead atoms. The summed E-state index contributed by atoms with van der Waals surface area (Å²) in [5.41, 5.74) is 1.43. The lowest BCUT2D eigenvalue weighted by atomic mass is 9.43. The van der Waals surface area contributed by atoms with E-state index in [2.05, 4.69) is 48.5 Å². The molecule has 0 saturated heterocycles. The predicted molar refractivity (Wildman–Crippen MR) is 124 cm³/mol. The monoisotopic (exact) mass is 402 g/mol. The molecule has 0 heterocycles. The van der Waals surface area contributed by atoms with Gasteiger partial charge in [-0.2, -0.15) is 0 Å². The van der Waals surface area contributed by atoms with Crippen LogP contribution in [0.3, 0.4) is 0 Å². The molecule has 168 valence electrons. The van der Waals surface area contributed by atoms with Crippen LogP contribution in [-0.2, 0) is 0 Å². The fraction of sp³-hybridized carbons (Fsp3) is 1.00. The molecule has 0 aromatic carbocycles. The Morgan fingerprint density at radius 2 is 1.59 bits per heavy atom. The second-order valence-electron chi connectivity index (χ2n) is 14.0. The van der Waals surface area contributed by atoms with Crippen LogP contribution in [0.1, 0.15) is 113 Å². The molecule has 0 amide bonds. The molecule has 4 saturated carbocycles. The van der Waals surface area contributed by atoms with E-state index in [-0.39, 0.29) is 6.10 Å². The topological polar surface area (TPSA) is 20.2 Å². The van der Waals surface area contributed by atoms with Crippen LogP contribution in [0, 0.1) is 57.7 Å². The van der Waals surface area contributed by atoms with E-state index in [1.807, 2.05) is 0 Å². The largest absolute Gasteiger partial charge is 0.393 e. The van der Waals surface area contributed by atoms with Crippen molar-refractivity contribution in [2.75, 3.05) is 0 Å². The highest BCUT2D eigenvalue weighted by Gasteiger charge is 2.62. The van der Waals surface area contributed by atoms with E-state index in [1.54, 1.807) is 0 Å². The molecule has 1 N–H and O–H groups in total. The minimum Gasteiger partial charge on any atom is -0.393 e. The first-order chi connectivity index (χ1) is 13.5. The Morgan fingerprint density at radius 1 is 0.931 bits per heavy atom. The van der Waals surface area contributed by atoms with Crippen molar-refractivity contribution >= 4 is 0 Å². The van der Waals surface area contributed by atoms with Crippen molar-refractivity contribution in [3.8, 4) is 0 Å². The Hall–Kier alpha value is -0.0400. The summed E-state index contributed by atoms with van der Waals surface area (Å²) >= 11 is 0. The zero-order valence-electron chi connectivity index (χ0n) is 20.6. The summed E-state index contributed by atoms with van der Waals surface area (Å²) in [4.78, 5) is 0. The highest BCUT2D eigenvalue weighted by molar-refractivity contribution is 5.11. The number of aliphatic hydroxyl groups excluding tert-OH is 1. The maximum atomic E-state index is 11.4. The second kappa shape index (κ2) is 7.53. The fourth-order valence-corrected chi connectivity index (χ4v) is 9.27. The number of aliphatic hydroxyl groups is 1. The fourth-order valence-electron chi connectivity index (χ4n) is 9.27. The van der Waals surface area contributed by atoms with E-state index in [9.17, 15) is 5.11 Å². The number of rotatable bonds is 3. The molecular weight excluding hydrogens is 352 g/mol. The van der Waals surface area contributed by atoms with E-state index in [0.717, 1.165) is 41.9 Å². The van der Waals surface area contributed by atoms with Gasteiger partial charge in [0.1, 0.15) is 0 Å². The molecule has 4 fully saturated rings. The third-order valence-electron chi connectivity index (χ3n) is 11.1. The van der Waals surface area contributed by atoms with Crippen LogP contribution in [0.25, 0.3) is 0 Å². The van der Waals surface area contributed by atoms with Gasteiger partial charge in [0.25, 0.3) is 0 Å². The number of fused-ring (bicyclic) bond motifs is 5. The van der Waals surface area contributed by atoms with Gasteiger partial charge in [-0.1, -0.05) is 54.9 Å². The molecule has 0 aromatic rings. The highest BCUT2D eigenvalue weighted by Crippen LogP contribution is 2.68. The first-order valence-corrected chi connectivity index (χ1v) is 13.1. The van der Waals surface area contributed by atoms with Crippen molar-refractivity contribution in [2.24, 2.45) is 57.7 Å². The molecule has 4 aliphatic rings. The van der Waals surface area contributed by atoms with Crippen LogP contribution >= 0.6 is 0 Å². The van der Waals surface area contributed by atoms with Gasteiger partial charge in [0.2, 0.25) is 0 Å². The SMILES string of the molecule is C[C@@H]1CC[C@@]2(C)[C@@H](C1)C[C@@H](O)[C@@H]1[C@@H]2CC[C@]2(C)C([C@H](C)CCC(C)(C)C)CC[C@@H]12. The lowest BCUT2D eigenvalue weighted by Gasteiger charge is -2.62. The van der Waals surface area contributed by atoms with E-state index in [4.69, 9.17) is 0 Å². The first-order valence-electron chi connectivity index (χ1n) is 13.1. The molecule has 1 heteroatoms. The lowest BCUT2D eigenvalue weighted by molar-refractivity contribution is -0.168. The molecule has 0 radical (unpaired) electrons. The van der Waals surface area contributed by atoms with Crippen LogP contribution in [0.15, 0.2) is 0 Å². The van der Waals surface area contributed by atoms with Crippen molar-refractivity contribution in [1.29, 1.82) is 0 Å². The molecule has 0 aliphatic heterocycles. The van der Waals surface area contributed by atoms with E-state index in [1.165, 1.54) is 57.8 Å². The summed E-state index contributed by atoms with van der Waals surface area (Å²) in [6.45, 7) is 17.4. The zero-order chi connectivity index (χ0) is 21.2. The average Bonchev–Trinajstić information content (AvgIpc) is 2.98. The molecule has 4 aliphatic carbocycles. The zero-order valence-corrected chi connectivity index (χ0v) is 20.6. The van der Waals surface area contributed by atoms with E-state index in [0.29, 0.717) is 22.2 Å². The minimum absolute atomic E-state index is 0.0309. The van der Waals surface area contributed by atoms with Gasteiger partial charge in [0.05, 0.1) is 6.10 Å². The summed E-state index contributed by atoms with van der Waals surface area (Å²) in [6, 6.07) is 0. The van der Waals surface area contributed by atoms with Crippen LogP contribution < -0.4 is 0 Å². The summed E-state index contributed by atoms with van der Waals surface area (Å²) in [5.74, 6) is 5.49. The third kappa shape index (κ3) is 3.74. The van der Waals surface area contributed by atoms with Gasteiger partial charge in [-0.25, -0.2) is 0 Å². The molecule has 10 atom stereocenters. The third-order valence-corrected chi connectivity index (χ3v) is 11.1. The Morgan fingerprint density at radius 3 is 2.28 bits per heavy atom. The summed E-state index contributed by atoms with van der Waals surface area (Å²) < 4.78 is 0.